The van der Waals surface area contributed by atoms with E-state index in [0.717, 1.165) is 0 Å². The predicted molar refractivity (Wildman–Crippen MR) is 62.7 cm³/mol. The second-order valence-corrected chi connectivity index (χ2v) is 5.56. The number of nitrogen functional groups attached to an aromatic ring is 1. The average molecular weight is 265 g/mol. The first kappa shape index (κ1) is 13.2. The van der Waals surface area contributed by atoms with Crippen LogP contribution in [0.5, 0.6) is 0 Å². The summed E-state index contributed by atoms with van der Waals surface area (Å²) in [6.07, 6.45) is -0.751. The molecule has 0 aromatic heterocycles. The fourth-order valence-electron chi connectivity index (χ4n) is 1.00. The molecule has 16 heavy (non-hydrogen) atoms. The molecule has 0 saturated carbocycles. The first-order chi connectivity index (χ1) is 7.33. The Balaban J connectivity index is 2.94. The number of halogens is 1. The summed E-state index contributed by atoms with van der Waals surface area (Å²) in [5.74, 6) is 0. The second kappa shape index (κ2) is 5.01. The van der Waals surface area contributed by atoms with Gasteiger partial charge in [-0.3, -0.25) is 0 Å². The first-order valence-electron chi connectivity index (χ1n) is 4.55. The van der Waals surface area contributed by atoms with E-state index in [4.69, 9.17) is 22.4 Å². The molecule has 0 aliphatic carbocycles. The van der Waals surface area contributed by atoms with E-state index in [2.05, 4.69) is 4.72 Å². The van der Waals surface area contributed by atoms with Gasteiger partial charge in [0.15, 0.2) is 0 Å². The molecule has 4 N–H and O–H groups in total. The van der Waals surface area contributed by atoms with Crippen LogP contribution in [0.2, 0.25) is 5.02 Å². The van der Waals surface area contributed by atoms with Gasteiger partial charge in [0, 0.05) is 6.54 Å². The van der Waals surface area contributed by atoms with Gasteiger partial charge in [-0.2, -0.15) is 0 Å². The minimum atomic E-state index is -3.64. The Hall–Kier alpha value is -0.820. The number of benzene rings is 1. The molecular formula is C9H13ClN2O3S. The molecule has 7 heteroatoms. The molecule has 1 rings (SSSR count). The SMILES string of the molecule is C[C@H](O)CNS(=O)(=O)c1ccc(Cl)c(N)c1. The van der Waals surface area contributed by atoms with E-state index in [0.29, 0.717) is 5.02 Å². The lowest BCUT2D eigenvalue weighted by molar-refractivity contribution is 0.198. The van der Waals surface area contributed by atoms with Gasteiger partial charge in [-0.15, -0.1) is 0 Å². The maximum absolute atomic E-state index is 11.7. The van der Waals surface area contributed by atoms with Crippen LogP contribution in [0, 0.1) is 0 Å². The number of sulfonamides is 1. The molecule has 0 aliphatic heterocycles. The average Bonchev–Trinajstić information content (AvgIpc) is 2.19. The molecule has 0 bridgehead atoms. The van der Waals surface area contributed by atoms with E-state index >= 15 is 0 Å². The summed E-state index contributed by atoms with van der Waals surface area (Å²) in [4.78, 5) is 0.0232. The maximum Gasteiger partial charge on any atom is 0.240 e. The monoisotopic (exact) mass is 264 g/mol. The topological polar surface area (TPSA) is 92.4 Å². The van der Waals surface area contributed by atoms with Crippen molar-refractivity contribution in [2.24, 2.45) is 0 Å². The molecule has 0 spiro atoms. The summed E-state index contributed by atoms with van der Waals surface area (Å²) in [7, 11) is -3.64. The van der Waals surface area contributed by atoms with Crippen LogP contribution in [0.3, 0.4) is 0 Å². The van der Waals surface area contributed by atoms with Gasteiger partial charge in [-0.25, -0.2) is 13.1 Å². The van der Waals surface area contributed by atoms with Gasteiger partial charge in [-0.1, -0.05) is 11.6 Å². The smallest absolute Gasteiger partial charge is 0.240 e. The van der Waals surface area contributed by atoms with Gasteiger partial charge in [0.05, 0.1) is 21.7 Å². The number of nitrogens with two attached hydrogens (primary N) is 1. The van der Waals surface area contributed by atoms with Gasteiger partial charge in [0.2, 0.25) is 10.0 Å². The molecule has 0 fully saturated rings. The third-order valence-electron chi connectivity index (χ3n) is 1.85. The predicted octanol–water partition coefficient (Wildman–Crippen LogP) is 0.581. The summed E-state index contributed by atoms with van der Waals surface area (Å²) in [6, 6.07) is 4.03. The number of nitrogens with one attached hydrogen (secondary N) is 1. The summed E-state index contributed by atoms with van der Waals surface area (Å²) in [5.41, 5.74) is 5.70. The van der Waals surface area contributed by atoms with Gasteiger partial charge < -0.3 is 10.8 Å². The largest absolute Gasteiger partial charge is 0.397 e. The zero-order valence-corrected chi connectivity index (χ0v) is 10.2. The lowest BCUT2D eigenvalue weighted by atomic mass is 10.3. The molecule has 0 heterocycles. The molecule has 0 saturated heterocycles. The zero-order valence-electron chi connectivity index (χ0n) is 8.64. The molecule has 5 nitrogen and oxygen atoms in total. The Labute approximate surface area is 99.3 Å². The van der Waals surface area contributed by atoms with Crippen molar-refractivity contribution in [2.75, 3.05) is 12.3 Å². The van der Waals surface area contributed by atoms with Gasteiger partial charge >= 0.3 is 0 Å². The highest BCUT2D eigenvalue weighted by molar-refractivity contribution is 7.89. The van der Waals surface area contributed by atoms with Crippen LogP contribution in [0.1, 0.15) is 6.92 Å². The fraction of sp³-hybridized carbons (Fsp3) is 0.333. The van der Waals surface area contributed by atoms with Crippen LogP contribution >= 0.6 is 11.6 Å². The number of aliphatic hydroxyl groups is 1. The molecule has 1 atom stereocenters. The van der Waals surface area contributed by atoms with Crippen molar-refractivity contribution in [1.82, 2.24) is 4.72 Å². The van der Waals surface area contributed by atoms with E-state index in [1.165, 1.54) is 25.1 Å². The van der Waals surface area contributed by atoms with Crippen LogP contribution in [-0.2, 0) is 10.0 Å². The first-order valence-corrected chi connectivity index (χ1v) is 6.42. The van der Waals surface area contributed by atoms with Gasteiger partial charge in [0.1, 0.15) is 0 Å². The van der Waals surface area contributed by atoms with Crippen LogP contribution in [-0.4, -0.2) is 26.2 Å². The number of aliphatic hydroxyl groups excluding tert-OH is 1. The number of rotatable bonds is 4. The number of hydrogen-bond acceptors (Lipinski definition) is 4. The van der Waals surface area contributed by atoms with Crippen LogP contribution < -0.4 is 10.5 Å². The molecule has 0 unspecified atom stereocenters. The summed E-state index contributed by atoms with van der Waals surface area (Å²) >= 11 is 5.68. The van der Waals surface area contributed by atoms with Crippen LogP contribution in [0.15, 0.2) is 23.1 Å². The van der Waals surface area contributed by atoms with Crippen molar-refractivity contribution in [3.05, 3.63) is 23.2 Å². The standard InChI is InChI=1S/C9H13ClN2O3S/c1-6(13)5-12-16(14,15)7-2-3-8(10)9(11)4-7/h2-4,6,12-13H,5,11H2,1H3/t6-/m0/s1. The van der Waals surface area contributed by atoms with Crippen LogP contribution in [0.4, 0.5) is 5.69 Å². The van der Waals surface area contributed by atoms with E-state index in [9.17, 15) is 8.42 Å². The number of anilines is 1. The van der Waals surface area contributed by atoms with Crippen molar-refractivity contribution >= 4 is 27.3 Å². The van der Waals surface area contributed by atoms with Gasteiger partial charge in [0.25, 0.3) is 0 Å². The highest BCUT2D eigenvalue weighted by Crippen LogP contribution is 2.21. The molecule has 0 radical (unpaired) electrons. The molecular weight excluding hydrogens is 252 g/mol. The Bertz CT molecular complexity index is 474. The van der Waals surface area contributed by atoms with E-state index in [1.54, 1.807) is 0 Å². The Morgan fingerprint density at radius 2 is 2.19 bits per heavy atom. The van der Waals surface area contributed by atoms with Crippen molar-refractivity contribution in [3.8, 4) is 0 Å². The normalized spacial score (nSPS) is 13.7. The second-order valence-electron chi connectivity index (χ2n) is 3.38. The van der Waals surface area contributed by atoms with E-state index in [1.807, 2.05) is 0 Å². The van der Waals surface area contributed by atoms with Crippen molar-refractivity contribution in [1.29, 1.82) is 0 Å². The molecule has 90 valence electrons. The van der Waals surface area contributed by atoms with E-state index < -0.39 is 16.1 Å². The minimum absolute atomic E-state index is 0.0232. The van der Waals surface area contributed by atoms with E-state index in [-0.39, 0.29) is 17.1 Å². The molecule has 0 amide bonds. The quantitative estimate of drug-likeness (QED) is 0.694. The Kier molecular flexibility index (Phi) is 4.15. The number of hydrogen-bond donors (Lipinski definition) is 3. The highest BCUT2D eigenvalue weighted by atomic mass is 35.5. The molecule has 1 aromatic carbocycles. The lowest BCUT2D eigenvalue weighted by Crippen LogP contribution is -2.30. The fourth-order valence-corrected chi connectivity index (χ4v) is 2.28. The van der Waals surface area contributed by atoms with Crippen LogP contribution in [0.25, 0.3) is 0 Å². The summed E-state index contributed by atoms with van der Waals surface area (Å²) in [5, 5.41) is 9.29. The summed E-state index contributed by atoms with van der Waals surface area (Å²) < 4.78 is 25.6. The third-order valence-corrected chi connectivity index (χ3v) is 3.61. The Morgan fingerprint density at radius 1 is 1.56 bits per heavy atom. The zero-order chi connectivity index (χ0) is 12.3. The Morgan fingerprint density at radius 3 is 2.69 bits per heavy atom. The minimum Gasteiger partial charge on any atom is -0.397 e. The lowest BCUT2D eigenvalue weighted by Gasteiger charge is -2.09. The summed E-state index contributed by atoms with van der Waals surface area (Å²) in [6.45, 7) is 1.43. The third kappa shape index (κ3) is 3.34. The van der Waals surface area contributed by atoms with Crippen molar-refractivity contribution < 1.29 is 13.5 Å². The van der Waals surface area contributed by atoms with Gasteiger partial charge in [-0.05, 0) is 25.1 Å². The molecule has 0 aliphatic rings. The van der Waals surface area contributed by atoms with Crippen molar-refractivity contribution in [2.45, 2.75) is 17.9 Å². The molecule has 1 aromatic rings. The van der Waals surface area contributed by atoms with Crippen molar-refractivity contribution in [3.63, 3.8) is 0 Å². The maximum atomic E-state index is 11.7. The highest BCUT2D eigenvalue weighted by Gasteiger charge is 2.15.